The highest BCUT2D eigenvalue weighted by Gasteiger charge is 2.30. The molecule has 0 unspecified atom stereocenters. The minimum Gasteiger partial charge on any atom is -0.466 e. The molecule has 0 aliphatic heterocycles. The predicted molar refractivity (Wildman–Crippen MR) is 68.0 cm³/mol. The summed E-state index contributed by atoms with van der Waals surface area (Å²) in [6, 6.07) is 4.84. The van der Waals surface area contributed by atoms with Gasteiger partial charge in [0.25, 0.3) is 0 Å². The van der Waals surface area contributed by atoms with E-state index >= 15 is 0 Å². The van der Waals surface area contributed by atoms with Crippen molar-refractivity contribution < 1.29 is 22.7 Å². The Bertz CT molecular complexity index is 444. The Labute approximate surface area is 114 Å². The molecule has 1 aromatic rings. The number of ether oxygens (including phenoxy) is 1. The average molecular weight is 292 g/mol. The van der Waals surface area contributed by atoms with Crippen LogP contribution in [-0.4, -0.2) is 18.1 Å². The van der Waals surface area contributed by atoms with Crippen LogP contribution in [0.15, 0.2) is 23.1 Å². The number of aryl methyl sites for hydroxylation is 2. The lowest BCUT2D eigenvalue weighted by molar-refractivity contribution is -0.143. The first-order valence-electron chi connectivity index (χ1n) is 5.82. The zero-order chi connectivity index (χ0) is 14.5. The molecule has 0 spiro atoms. The molecule has 0 aliphatic rings. The normalized spacial score (nSPS) is 11.4. The van der Waals surface area contributed by atoms with Gasteiger partial charge in [-0.3, -0.25) is 4.79 Å². The van der Waals surface area contributed by atoms with Crippen LogP contribution in [-0.2, 0) is 16.0 Å². The van der Waals surface area contributed by atoms with Crippen molar-refractivity contribution in [1.82, 2.24) is 0 Å². The van der Waals surface area contributed by atoms with Crippen LogP contribution >= 0.6 is 11.8 Å². The maximum absolute atomic E-state index is 12.4. The summed E-state index contributed by atoms with van der Waals surface area (Å²) >= 11 is -0.130. The second kappa shape index (κ2) is 6.84. The van der Waals surface area contributed by atoms with E-state index in [0.29, 0.717) is 24.2 Å². The Morgan fingerprint density at radius 1 is 1.37 bits per heavy atom. The number of alkyl halides is 3. The molecule has 0 amide bonds. The smallest absolute Gasteiger partial charge is 0.446 e. The lowest BCUT2D eigenvalue weighted by Crippen LogP contribution is -2.05. The highest BCUT2D eigenvalue weighted by atomic mass is 32.2. The minimum atomic E-state index is -4.30. The molecule has 0 fully saturated rings. The van der Waals surface area contributed by atoms with Gasteiger partial charge in [0.15, 0.2) is 0 Å². The number of esters is 1. The summed E-state index contributed by atoms with van der Waals surface area (Å²) in [5, 5.41) is 0. The molecule has 106 valence electrons. The van der Waals surface area contributed by atoms with Crippen LogP contribution in [0.5, 0.6) is 0 Å². The summed E-state index contributed by atoms with van der Waals surface area (Å²) in [6.07, 6.45) is 0.553. The Morgan fingerprint density at radius 2 is 2.05 bits per heavy atom. The fraction of sp³-hybridized carbons (Fsp3) is 0.462. The van der Waals surface area contributed by atoms with Crippen molar-refractivity contribution in [3.8, 4) is 0 Å². The fourth-order valence-corrected chi connectivity index (χ4v) is 2.20. The maximum Gasteiger partial charge on any atom is 0.446 e. The highest BCUT2D eigenvalue weighted by molar-refractivity contribution is 8.00. The molecule has 1 rings (SSSR count). The van der Waals surface area contributed by atoms with Crippen LogP contribution in [0.25, 0.3) is 0 Å². The Hall–Kier alpha value is -1.17. The zero-order valence-corrected chi connectivity index (χ0v) is 11.5. The Kier molecular flexibility index (Phi) is 5.72. The molecule has 0 saturated carbocycles. The van der Waals surface area contributed by atoms with Crippen LogP contribution in [0.1, 0.15) is 24.5 Å². The van der Waals surface area contributed by atoms with E-state index in [0.717, 1.165) is 0 Å². The second-order valence-corrected chi connectivity index (χ2v) is 5.06. The van der Waals surface area contributed by atoms with Crippen molar-refractivity contribution >= 4 is 17.7 Å². The van der Waals surface area contributed by atoms with Crippen molar-refractivity contribution in [2.75, 3.05) is 6.61 Å². The van der Waals surface area contributed by atoms with Gasteiger partial charge in [0.05, 0.1) is 6.61 Å². The Morgan fingerprint density at radius 3 is 2.63 bits per heavy atom. The molecule has 0 aromatic heterocycles. The van der Waals surface area contributed by atoms with Gasteiger partial charge < -0.3 is 4.74 Å². The van der Waals surface area contributed by atoms with Crippen molar-refractivity contribution in [3.63, 3.8) is 0 Å². The SMILES string of the molecule is CCOC(=O)CCc1ccc(C)c(SC(F)(F)F)c1. The van der Waals surface area contributed by atoms with Gasteiger partial charge in [0.2, 0.25) is 0 Å². The van der Waals surface area contributed by atoms with Gasteiger partial charge in [-0.05, 0) is 49.2 Å². The zero-order valence-electron chi connectivity index (χ0n) is 10.7. The van der Waals surface area contributed by atoms with Gasteiger partial charge in [-0.2, -0.15) is 13.2 Å². The van der Waals surface area contributed by atoms with Gasteiger partial charge in [-0.15, -0.1) is 0 Å². The Balaban J connectivity index is 2.71. The van der Waals surface area contributed by atoms with E-state index in [2.05, 4.69) is 0 Å². The fourth-order valence-electron chi connectivity index (χ4n) is 1.51. The highest BCUT2D eigenvalue weighted by Crippen LogP contribution is 2.38. The summed E-state index contributed by atoms with van der Waals surface area (Å²) in [5.41, 5.74) is -3.03. The molecule has 1 aromatic carbocycles. The minimum absolute atomic E-state index is 0.130. The average Bonchev–Trinajstić information content (AvgIpc) is 2.29. The van der Waals surface area contributed by atoms with Crippen molar-refractivity contribution in [2.45, 2.75) is 37.1 Å². The summed E-state index contributed by atoms with van der Waals surface area (Å²) in [4.78, 5) is 11.4. The van der Waals surface area contributed by atoms with E-state index in [9.17, 15) is 18.0 Å². The summed E-state index contributed by atoms with van der Waals surface area (Å²) < 4.78 is 41.8. The molecular weight excluding hydrogens is 277 g/mol. The first kappa shape index (κ1) is 15.9. The lowest BCUT2D eigenvalue weighted by Gasteiger charge is -2.10. The number of halogens is 3. The summed E-state index contributed by atoms with van der Waals surface area (Å²) in [7, 11) is 0. The third-order valence-corrected chi connectivity index (χ3v) is 3.29. The standard InChI is InChI=1S/C13H15F3O2S/c1-3-18-12(17)7-6-10-5-4-9(2)11(8-10)19-13(14,15)16/h4-5,8H,3,6-7H2,1-2H3. The lowest BCUT2D eigenvalue weighted by atomic mass is 10.1. The molecular formula is C13H15F3O2S. The molecule has 0 bridgehead atoms. The monoisotopic (exact) mass is 292 g/mol. The van der Waals surface area contributed by atoms with Crippen LogP contribution < -0.4 is 0 Å². The van der Waals surface area contributed by atoms with Crippen LogP contribution in [0.3, 0.4) is 0 Å². The van der Waals surface area contributed by atoms with Crippen molar-refractivity contribution in [1.29, 1.82) is 0 Å². The molecule has 19 heavy (non-hydrogen) atoms. The topological polar surface area (TPSA) is 26.3 Å². The molecule has 0 heterocycles. The van der Waals surface area contributed by atoms with Crippen molar-refractivity contribution in [2.24, 2.45) is 0 Å². The molecule has 0 atom stereocenters. The van der Waals surface area contributed by atoms with Crippen LogP contribution in [0, 0.1) is 6.92 Å². The third-order valence-electron chi connectivity index (χ3n) is 2.40. The number of carbonyl (C=O) groups is 1. The van der Waals surface area contributed by atoms with Gasteiger partial charge >= 0.3 is 11.5 Å². The molecule has 0 aliphatic carbocycles. The van der Waals surface area contributed by atoms with E-state index in [1.165, 1.54) is 6.07 Å². The van der Waals surface area contributed by atoms with E-state index in [1.807, 2.05) is 0 Å². The van der Waals surface area contributed by atoms with E-state index < -0.39 is 5.51 Å². The summed E-state index contributed by atoms with van der Waals surface area (Å²) in [5.74, 6) is -0.340. The molecule has 0 N–H and O–H groups in total. The molecule has 2 nitrogen and oxygen atoms in total. The van der Waals surface area contributed by atoms with E-state index in [4.69, 9.17) is 4.74 Å². The second-order valence-electron chi connectivity index (χ2n) is 3.95. The number of hydrogen-bond acceptors (Lipinski definition) is 3. The quantitative estimate of drug-likeness (QED) is 0.603. The van der Waals surface area contributed by atoms with Gasteiger partial charge in [-0.25, -0.2) is 0 Å². The van der Waals surface area contributed by atoms with E-state index in [-0.39, 0.29) is 29.0 Å². The maximum atomic E-state index is 12.4. The van der Waals surface area contributed by atoms with Gasteiger partial charge in [0, 0.05) is 11.3 Å². The summed E-state index contributed by atoms with van der Waals surface area (Å²) in [6.45, 7) is 3.65. The van der Waals surface area contributed by atoms with Crippen LogP contribution in [0.4, 0.5) is 13.2 Å². The van der Waals surface area contributed by atoms with Crippen LogP contribution in [0.2, 0.25) is 0 Å². The number of benzene rings is 1. The molecule has 0 radical (unpaired) electrons. The third kappa shape index (κ3) is 6.00. The first-order valence-corrected chi connectivity index (χ1v) is 6.64. The predicted octanol–water partition coefficient (Wildman–Crippen LogP) is 4.10. The number of rotatable bonds is 5. The van der Waals surface area contributed by atoms with Crippen molar-refractivity contribution in [3.05, 3.63) is 29.3 Å². The van der Waals surface area contributed by atoms with E-state index in [1.54, 1.807) is 26.0 Å². The largest absolute Gasteiger partial charge is 0.466 e. The van der Waals surface area contributed by atoms with Gasteiger partial charge in [0.1, 0.15) is 0 Å². The number of hydrogen-bond donors (Lipinski definition) is 0. The number of thioether (sulfide) groups is 1. The molecule has 0 saturated heterocycles. The first-order chi connectivity index (χ1) is 8.81. The number of carbonyl (C=O) groups excluding carboxylic acids is 1. The van der Waals surface area contributed by atoms with Gasteiger partial charge in [-0.1, -0.05) is 12.1 Å². The molecule has 6 heteroatoms.